The molecule has 1 saturated heterocycles. The summed E-state index contributed by atoms with van der Waals surface area (Å²) in [5.41, 5.74) is 2.04. The molecule has 152 valence electrons. The van der Waals surface area contributed by atoms with Crippen LogP contribution in [0.5, 0.6) is 0 Å². The highest BCUT2D eigenvalue weighted by Gasteiger charge is 2.33. The van der Waals surface area contributed by atoms with Gasteiger partial charge in [0.1, 0.15) is 0 Å². The van der Waals surface area contributed by atoms with Crippen molar-refractivity contribution in [1.29, 1.82) is 0 Å². The Balaban J connectivity index is 1.50. The van der Waals surface area contributed by atoms with Crippen LogP contribution in [0.4, 0.5) is 5.69 Å². The van der Waals surface area contributed by atoms with E-state index in [0.29, 0.717) is 30.9 Å². The summed E-state index contributed by atoms with van der Waals surface area (Å²) in [5.74, 6) is -0.646. The molecule has 1 unspecified atom stereocenters. The van der Waals surface area contributed by atoms with Crippen molar-refractivity contribution in [3.63, 3.8) is 0 Å². The molecule has 0 bridgehead atoms. The molecule has 3 rings (SSSR count). The molecular formula is C22H26N4O3. The number of pyridine rings is 1. The van der Waals surface area contributed by atoms with E-state index in [1.165, 1.54) is 0 Å². The van der Waals surface area contributed by atoms with Crippen LogP contribution in [0.2, 0.25) is 0 Å². The van der Waals surface area contributed by atoms with Gasteiger partial charge in [0.15, 0.2) is 0 Å². The lowest BCUT2D eigenvalue weighted by atomic mass is 10.1. The van der Waals surface area contributed by atoms with Crippen LogP contribution in [0, 0.1) is 5.92 Å². The van der Waals surface area contributed by atoms with Gasteiger partial charge >= 0.3 is 0 Å². The number of amides is 3. The minimum atomic E-state index is -0.332. The number of carbonyl (C=O) groups is 3. The summed E-state index contributed by atoms with van der Waals surface area (Å²) in [4.78, 5) is 42.6. The van der Waals surface area contributed by atoms with Crippen LogP contribution < -0.4 is 10.6 Å². The number of benzene rings is 1. The molecule has 0 radical (unpaired) electrons. The largest absolute Gasteiger partial charge is 0.348 e. The normalized spacial score (nSPS) is 16.0. The Bertz CT molecular complexity index is 852. The standard InChI is InChI=1S/C22H26N4O3/c1-2-3-11-26-15-18(12-20(26)27)22(29)25-19-8-6-17(7-9-19)21(28)24-14-16-5-4-10-23-13-16/h4-10,13,18H,2-3,11-12,14-15H2,1H3,(H,24,28)(H,25,29). The molecule has 3 amide bonds. The van der Waals surface area contributed by atoms with Gasteiger partial charge in [-0.25, -0.2) is 0 Å². The van der Waals surface area contributed by atoms with Gasteiger partial charge in [-0.3, -0.25) is 19.4 Å². The molecule has 7 heteroatoms. The Morgan fingerprint density at radius 3 is 2.69 bits per heavy atom. The monoisotopic (exact) mass is 394 g/mol. The first kappa shape index (κ1) is 20.5. The van der Waals surface area contributed by atoms with E-state index in [-0.39, 0.29) is 30.1 Å². The zero-order valence-corrected chi connectivity index (χ0v) is 16.6. The van der Waals surface area contributed by atoms with Crippen molar-refractivity contribution < 1.29 is 14.4 Å². The second-order valence-electron chi connectivity index (χ2n) is 7.20. The molecule has 2 aromatic rings. The van der Waals surface area contributed by atoms with Crippen LogP contribution in [0.3, 0.4) is 0 Å². The van der Waals surface area contributed by atoms with E-state index in [1.807, 2.05) is 12.1 Å². The van der Waals surface area contributed by atoms with E-state index >= 15 is 0 Å². The van der Waals surface area contributed by atoms with Gasteiger partial charge in [-0.15, -0.1) is 0 Å². The molecule has 1 atom stereocenters. The van der Waals surface area contributed by atoms with Gasteiger partial charge in [-0.05, 0) is 42.3 Å². The van der Waals surface area contributed by atoms with E-state index in [9.17, 15) is 14.4 Å². The number of hydrogen-bond acceptors (Lipinski definition) is 4. The van der Waals surface area contributed by atoms with Gasteiger partial charge in [-0.1, -0.05) is 19.4 Å². The Kier molecular flexibility index (Phi) is 6.94. The lowest BCUT2D eigenvalue weighted by molar-refractivity contribution is -0.128. The summed E-state index contributed by atoms with van der Waals surface area (Å²) < 4.78 is 0. The molecule has 0 aliphatic carbocycles. The Labute approximate surface area is 170 Å². The van der Waals surface area contributed by atoms with E-state index in [4.69, 9.17) is 0 Å². The lowest BCUT2D eigenvalue weighted by Gasteiger charge is -2.16. The van der Waals surface area contributed by atoms with Crippen LogP contribution in [-0.4, -0.2) is 40.7 Å². The molecule has 7 nitrogen and oxygen atoms in total. The highest BCUT2D eigenvalue weighted by atomic mass is 16.2. The lowest BCUT2D eigenvalue weighted by Crippen LogP contribution is -2.29. The quantitative estimate of drug-likeness (QED) is 0.720. The first-order chi connectivity index (χ1) is 14.1. The molecule has 0 spiro atoms. The van der Waals surface area contributed by atoms with Gasteiger partial charge in [0.2, 0.25) is 11.8 Å². The fraction of sp³-hybridized carbons (Fsp3) is 0.364. The predicted molar refractivity (Wildman–Crippen MR) is 110 cm³/mol. The Morgan fingerprint density at radius 1 is 1.21 bits per heavy atom. The number of aromatic nitrogens is 1. The number of likely N-dealkylation sites (tertiary alicyclic amines) is 1. The predicted octanol–water partition coefficient (Wildman–Crippen LogP) is 2.60. The topological polar surface area (TPSA) is 91.4 Å². The van der Waals surface area contributed by atoms with E-state index < -0.39 is 0 Å². The second kappa shape index (κ2) is 9.82. The average molecular weight is 394 g/mol. The molecule has 2 heterocycles. The molecule has 0 saturated carbocycles. The summed E-state index contributed by atoms with van der Waals surface area (Å²) >= 11 is 0. The zero-order valence-electron chi connectivity index (χ0n) is 16.6. The molecule has 1 aromatic heterocycles. The van der Waals surface area contributed by atoms with Crippen molar-refractivity contribution in [3.05, 3.63) is 59.9 Å². The van der Waals surface area contributed by atoms with Crippen LogP contribution in [-0.2, 0) is 16.1 Å². The number of nitrogens with one attached hydrogen (secondary N) is 2. The Hall–Kier alpha value is -3.22. The van der Waals surface area contributed by atoms with Crippen molar-refractivity contribution in [2.75, 3.05) is 18.4 Å². The summed E-state index contributed by atoms with van der Waals surface area (Å²) in [6.45, 7) is 3.66. The van der Waals surface area contributed by atoms with E-state index in [2.05, 4.69) is 22.5 Å². The van der Waals surface area contributed by atoms with Gasteiger partial charge < -0.3 is 15.5 Å². The molecule has 2 N–H and O–H groups in total. The number of unbranched alkanes of at least 4 members (excludes halogenated alkanes) is 1. The number of anilines is 1. The third-order valence-electron chi connectivity index (χ3n) is 4.96. The number of rotatable bonds is 8. The third-order valence-corrected chi connectivity index (χ3v) is 4.96. The molecule has 1 aromatic carbocycles. The van der Waals surface area contributed by atoms with Crippen LogP contribution in [0.15, 0.2) is 48.8 Å². The van der Waals surface area contributed by atoms with Crippen LogP contribution >= 0.6 is 0 Å². The maximum Gasteiger partial charge on any atom is 0.251 e. The highest BCUT2D eigenvalue weighted by molar-refractivity contribution is 5.98. The van der Waals surface area contributed by atoms with Gasteiger partial charge in [0.05, 0.1) is 5.92 Å². The fourth-order valence-electron chi connectivity index (χ4n) is 3.25. The number of hydrogen-bond donors (Lipinski definition) is 2. The van der Waals surface area contributed by atoms with Gasteiger partial charge in [0.25, 0.3) is 5.91 Å². The van der Waals surface area contributed by atoms with Crippen molar-refractivity contribution in [1.82, 2.24) is 15.2 Å². The summed E-state index contributed by atoms with van der Waals surface area (Å²) in [5, 5.41) is 5.68. The Morgan fingerprint density at radius 2 is 2.00 bits per heavy atom. The highest BCUT2D eigenvalue weighted by Crippen LogP contribution is 2.20. The molecule has 1 fully saturated rings. The van der Waals surface area contributed by atoms with Crippen LogP contribution in [0.1, 0.15) is 42.1 Å². The van der Waals surface area contributed by atoms with Gasteiger partial charge in [-0.2, -0.15) is 0 Å². The van der Waals surface area contributed by atoms with Crippen molar-refractivity contribution >= 4 is 23.4 Å². The van der Waals surface area contributed by atoms with Crippen molar-refractivity contribution in [3.8, 4) is 0 Å². The second-order valence-corrected chi connectivity index (χ2v) is 7.20. The molecule has 1 aliphatic rings. The van der Waals surface area contributed by atoms with Crippen LogP contribution in [0.25, 0.3) is 0 Å². The first-order valence-electron chi connectivity index (χ1n) is 9.92. The number of nitrogens with zero attached hydrogens (tertiary/aromatic N) is 2. The van der Waals surface area contributed by atoms with Gasteiger partial charge in [0, 0.05) is 49.7 Å². The zero-order chi connectivity index (χ0) is 20.6. The average Bonchev–Trinajstić information content (AvgIpc) is 3.12. The summed E-state index contributed by atoms with van der Waals surface area (Å²) in [6, 6.07) is 10.4. The summed E-state index contributed by atoms with van der Waals surface area (Å²) in [7, 11) is 0. The molecule has 1 aliphatic heterocycles. The number of carbonyl (C=O) groups excluding carboxylic acids is 3. The van der Waals surface area contributed by atoms with Crippen molar-refractivity contribution in [2.45, 2.75) is 32.7 Å². The maximum absolute atomic E-state index is 12.5. The summed E-state index contributed by atoms with van der Waals surface area (Å²) in [6.07, 6.45) is 5.61. The van der Waals surface area contributed by atoms with Crippen molar-refractivity contribution in [2.24, 2.45) is 5.92 Å². The smallest absolute Gasteiger partial charge is 0.251 e. The third kappa shape index (κ3) is 5.63. The maximum atomic E-state index is 12.5. The minimum absolute atomic E-state index is 0.0410. The fourth-order valence-corrected chi connectivity index (χ4v) is 3.25. The minimum Gasteiger partial charge on any atom is -0.348 e. The molecule has 29 heavy (non-hydrogen) atoms. The first-order valence-corrected chi connectivity index (χ1v) is 9.92. The SMILES string of the molecule is CCCCN1CC(C(=O)Nc2ccc(C(=O)NCc3cccnc3)cc2)CC1=O. The van der Waals surface area contributed by atoms with E-state index in [0.717, 1.165) is 18.4 Å². The van der Waals surface area contributed by atoms with E-state index in [1.54, 1.807) is 41.6 Å². The molecular weight excluding hydrogens is 368 g/mol.